The van der Waals surface area contributed by atoms with E-state index < -0.39 is 0 Å². The molecule has 0 atom stereocenters. The molecule has 1 aliphatic heterocycles. The van der Waals surface area contributed by atoms with E-state index in [1.807, 2.05) is 25.1 Å². The van der Waals surface area contributed by atoms with Crippen LogP contribution >= 0.6 is 0 Å². The first-order chi connectivity index (χ1) is 7.84. The van der Waals surface area contributed by atoms with E-state index in [2.05, 4.69) is 19.7 Å². The Morgan fingerprint density at radius 1 is 1.31 bits per heavy atom. The van der Waals surface area contributed by atoms with Crippen LogP contribution in [0.2, 0.25) is 0 Å². The number of ether oxygens (including phenoxy) is 1. The molecule has 0 spiro atoms. The van der Waals surface area contributed by atoms with E-state index in [4.69, 9.17) is 4.74 Å². The lowest BCUT2D eigenvalue weighted by molar-refractivity contribution is 0.0820. The summed E-state index contributed by atoms with van der Waals surface area (Å²) in [5.74, 6) is 1.71. The van der Waals surface area contributed by atoms with Gasteiger partial charge in [-0.15, -0.1) is 10.2 Å². The van der Waals surface area contributed by atoms with Gasteiger partial charge in [0.2, 0.25) is 0 Å². The number of hydrogen-bond donors (Lipinski definition) is 0. The normalized spacial score (nSPS) is 14.8. The van der Waals surface area contributed by atoms with Gasteiger partial charge in [0.05, 0.1) is 6.61 Å². The maximum Gasteiger partial charge on any atom is 0.182 e. The van der Waals surface area contributed by atoms with Crippen molar-refractivity contribution in [1.29, 1.82) is 0 Å². The van der Waals surface area contributed by atoms with Gasteiger partial charge in [-0.3, -0.25) is 0 Å². The summed E-state index contributed by atoms with van der Waals surface area (Å²) in [6.07, 6.45) is 0. The van der Waals surface area contributed by atoms with Gasteiger partial charge in [0.25, 0.3) is 0 Å². The molecule has 3 heterocycles. The first-order valence-corrected chi connectivity index (χ1v) is 5.28. The molecule has 2 aromatic heterocycles. The summed E-state index contributed by atoms with van der Waals surface area (Å²) in [5.41, 5.74) is 1.86. The standard InChI is InChI=1S/C11H12N4O/c1-8-3-2-4-9(12-8)11-14-13-10-7-16-6-5-15(10)11/h2-4H,5-7H2,1H3. The second-order valence-corrected chi connectivity index (χ2v) is 3.81. The Morgan fingerprint density at radius 3 is 3.12 bits per heavy atom. The second kappa shape index (κ2) is 3.68. The van der Waals surface area contributed by atoms with Gasteiger partial charge < -0.3 is 9.30 Å². The first kappa shape index (κ1) is 9.47. The van der Waals surface area contributed by atoms with Gasteiger partial charge in [0.15, 0.2) is 11.6 Å². The maximum absolute atomic E-state index is 5.33. The van der Waals surface area contributed by atoms with Crippen molar-refractivity contribution in [3.8, 4) is 11.5 Å². The number of hydrogen-bond acceptors (Lipinski definition) is 4. The van der Waals surface area contributed by atoms with E-state index >= 15 is 0 Å². The highest BCUT2D eigenvalue weighted by Crippen LogP contribution is 2.18. The van der Waals surface area contributed by atoms with Crippen molar-refractivity contribution in [3.63, 3.8) is 0 Å². The lowest BCUT2D eigenvalue weighted by atomic mass is 10.3. The summed E-state index contributed by atoms with van der Waals surface area (Å²) in [5, 5.41) is 8.29. The minimum Gasteiger partial charge on any atom is -0.372 e. The first-order valence-electron chi connectivity index (χ1n) is 5.28. The molecule has 3 rings (SSSR count). The van der Waals surface area contributed by atoms with Gasteiger partial charge in [-0.05, 0) is 19.1 Å². The lowest BCUT2D eigenvalue weighted by Crippen LogP contribution is -2.17. The predicted octanol–water partition coefficient (Wildman–Crippen LogP) is 1.18. The number of aryl methyl sites for hydroxylation is 1. The molecule has 0 saturated heterocycles. The topological polar surface area (TPSA) is 52.8 Å². The quantitative estimate of drug-likeness (QED) is 0.718. The molecule has 16 heavy (non-hydrogen) atoms. The van der Waals surface area contributed by atoms with Gasteiger partial charge in [0, 0.05) is 12.2 Å². The van der Waals surface area contributed by atoms with E-state index in [0.717, 1.165) is 29.6 Å². The Kier molecular flexibility index (Phi) is 2.18. The van der Waals surface area contributed by atoms with Crippen molar-refractivity contribution < 1.29 is 4.74 Å². The molecular formula is C11H12N4O. The molecule has 0 unspecified atom stereocenters. The second-order valence-electron chi connectivity index (χ2n) is 3.81. The number of aromatic nitrogens is 4. The van der Waals surface area contributed by atoms with Crippen molar-refractivity contribution >= 4 is 0 Å². The zero-order chi connectivity index (χ0) is 11.0. The summed E-state index contributed by atoms with van der Waals surface area (Å²) in [7, 11) is 0. The molecule has 0 bridgehead atoms. The molecule has 0 amide bonds. The summed E-state index contributed by atoms with van der Waals surface area (Å²) >= 11 is 0. The van der Waals surface area contributed by atoms with Crippen LogP contribution in [0.5, 0.6) is 0 Å². The minimum atomic E-state index is 0.540. The van der Waals surface area contributed by atoms with Crippen LogP contribution in [0.1, 0.15) is 11.5 Å². The fraction of sp³-hybridized carbons (Fsp3) is 0.364. The van der Waals surface area contributed by atoms with E-state index in [0.29, 0.717) is 13.2 Å². The van der Waals surface area contributed by atoms with Gasteiger partial charge in [0.1, 0.15) is 12.3 Å². The van der Waals surface area contributed by atoms with Crippen LogP contribution in [0.3, 0.4) is 0 Å². The Labute approximate surface area is 93.1 Å². The predicted molar refractivity (Wildman–Crippen MR) is 57.6 cm³/mol. The number of rotatable bonds is 1. The van der Waals surface area contributed by atoms with E-state index in [1.54, 1.807) is 0 Å². The van der Waals surface area contributed by atoms with E-state index in [1.165, 1.54) is 0 Å². The van der Waals surface area contributed by atoms with E-state index in [9.17, 15) is 0 Å². The van der Waals surface area contributed by atoms with E-state index in [-0.39, 0.29) is 0 Å². The molecule has 0 fully saturated rings. The SMILES string of the molecule is Cc1cccc(-c2nnc3n2CCOC3)n1. The molecule has 2 aromatic rings. The lowest BCUT2D eigenvalue weighted by Gasteiger charge is -2.15. The molecule has 0 aliphatic carbocycles. The Bertz CT molecular complexity index is 520. The third kappa shape index (κ3) is 1.49. The molecule has 0 radical (unpaired) electrons. The summed E-state index contributed by atoms with van der Waals surface area (Å²) < 4.78 is 7.40. The largest absolute Gasteiger partial charge is 0.372 e. The molecule has 82 valence electrons. The Balaban J connectivity index is 2.09. The highest BCUT2D eigenvalue weighted by molar-refractivity contribution is 5.49. The zero-order valence-electron chi connectivity index (χ0n) is 9.05. The van der Waals surface area contributed by atoms with Gasteiger partial charge in [-0.1, -0.05) is 6.07 Å². The molecule has 0 N–H and O–H groups in total. The van der Waals surface area contributed by atoms with Gasteiger partial charge in [-0.2, -0.15) is 0 Å². The van der Waals surface area contributed by atoms with Gasteiger partial charge in [-0.25, -0.2) is 4.98 Å². The van der Waals surface area contributed by atoms with Crippen LogP contribution in [0.15, 0.2) is 18.2 Å². The Hall–Kier alpha value is -1.75. The summed E-state index contributed by atoms with van der Waals surface area (Å²) in [4.78, 5) is 4.46. The van der Waals surface area contributed by atoms with Crippen molar-refractivity contribution in [2.75, 3.05) is 6.61 Å². The van der Waals surface area contributed by atoms with Crippen molar-refractivity contribution in [2.24, 2.45) is 0 Å². The molecule has 5 nitrogen and oxygen atoms in total. The monoisotopic (exact) mass is 216 g/mol. The Morgan fingerprint density at radius 2 is 2.25 bits per heavy atom. The molecular weight excluding hydrogens is 204 g/mol. The van der Waals surface area contributed by atoms with Crippen LogP contribution in [0.25, 0.3) is 11.5 Å². The van der Waals surface area contributed by atoms with Crippen LogP contribution in [0, 0.1) is 6.92 Å². The van der Waals surface area contributed by atoms with Crippen LogP contribution in [-0.4, -0.2) is 26.4 Å². The number of nitrogens with zero attached hydrogens (tertiary/aromatic N) is 4. The average molecular weight is 216 g/mol. The summed E-state index contributed by atoms with van der Waals surface area (Å²) in [6.45, 7) is 4.02. The molecule has 0 aromatic carbocycles. The minimum absolute atomic E-state index is 0.540. The highest BCUT2D eigenvalue weighted by atomic mass is 16.5. The number of pyridine rings is 1. The van der Waals surface area contributed by atoms with Crippen LogP contribution < -0.4 is 0 Å². The fourth-order valence-electron chi connectivity index (χ4n) is 1.85. The molecule has 0 saturated carbocycles. The van der Waals surface area contributed by atoms with Crippen molar-refractivity contribution in [3.05, 3.63) is 29.7 Å². The third-order valence-corrected chi connectivity index (χ3v) is 2.64. The van der Waals surface area contributed by atoms with Crippen molar-refractivity contribution in [1.82, 2.24) is 19.7 Å². The van der Waals surface area contributed by atoms with Crippen LogP contribution in [0.4, 0.5) is 0 Å². The maximum atomic E-state index is 5.33. The van der Waals surface area contributed by atoms with Crippen LogP contribution in [-0.2, 0) is 17.9 Å². The van der Waals surface area contributed by atoms with Crippen molar-refractivity contribution in [2.45, 2.75) is 20.1 Å². The number of fused-ring (bicyclic) bond motifs is 1. The van der Waals surface area contributed by atoms with Gasteiger partial charge >= 0.3 is 0 Å². The highest BCUT2D eigenvalue weighted by Gasteiger charge is 2.17. The smallest absolute Gasteiger partial charge is 0.182 e. The molecule has 1 aliphatic rings. The fourth-order valence-corrected chi connectivity index (χ4v) is 1.85. The summed E-state index contributed by atoms with van der Waals surface area (Å²) in [6, 6.07) is 5.92. The third-order valence-electron chi connectivity index (χ3n) is 2.64. The average Bonchev–Trinajstić information content (AvgIpc) is 2.72. The molecule has 5 heteroatoms. The zero-order valence-corrected chi connectivity index (χ0v) is 9.05.